The first-order chi connectivity index (χ1) is 13.4. The summed E-state index contributed by atoms with van der Waals surface area (Å²) in [5.41, 5.74) is 1.07. The van der Waals surface area contributed by atoms with Crippen molar-refractivity contribution in [1.29, 1.82) is 0 Å². The van der Waals surface area contributed by atoms with Gasteiger partial charge in [0.1, 0.15) is 0 Å². The highest BCUT2D eigenvalue weighted by Gasteiger charge is 2.51. The zero-order valence-corrected chi connectivity index (χ0v) is 18.1. The third kappa shape index (κ3) is 4.53. The van der Waals surface area contributed by atoms with Crippen LogP contribution in [0.5, 0.6) is 0 Å². The molecule has 4 aliphatic rings. The summed E-state index contributed by atoms with van der Waals surface area (Å²) in [6.45, 7) is 2.32. The predicted molar refractivity (Wildman–Crippen MR) is 113 cm³/mol. The van der Waals surface area contributed by atoms with Crippen molar-refractivity contribution in [2.75, 3.05) is 6.54 Å². The fraction of sp³-hybridized carbons (Fsp3) is 0.636. The molecule has 6 heteroatoms. The summed E-state index contributed by atoms with van der Waals surface area (Å²) in [4.78, 5) is 24.6. The van der Waals surface area contributed by atoms with Gasteiger partial charge in [-0.25, -0.2) is 4.79 Å². The molecule has 0 spiro atoms. The number of amides is 3. The SMILES string of the molecule is CC(NC(=O)CCNC(=O)NC12CC3CC(CC(C3)C1)C2)c1ccc(Br)cc1. The predicted octanol–water partition coefficient (Wildman–Crippen LogP) is 4.28. The van der Waals surface area contributed by atoms with Crippen LogP contribution in [-0.4, -0.2) is 24.0 Å². The number of hydrogen-bond acceptors (Lipinski definition) is 2. The zero-order valence-electron chi connectivity index (χ0n) is 16.5. The second-order valence-electron chi connectivity index (χ2n) is 9.17. The molecule has 0 radical (unpaired) electrons. The number of rotatable bonds is 6. The molecule has 3 amide bonds. The van der Waals surface area contributed by atoms with E-state index in [1.165, 1.54) is 19.3 Å². The minimum atomic E-state index is -0.115. The van der Waals surface area contributed by atoms with Crippen LogP contribution in [0.3, 0.4) is 0 Å². The first-order valence-electron chi connectivity index (χ1n) is 10.5. The molecule has 152 valence electrons. The van der Waals surface area contributed by atoms with Gasteiger partial charge in [-0.1, -0.05) is 28.1 Å². The van der Waals surface area contributed by atoms with Crippen molar-refractivity contribution in [2.24, 2.45) is 17.8 Å². The van der Waals surface area contributed by atoms with Gasteiger partial charge in [-0.05, 0) is 80.9 Å². The number of benzene rings is 1. The van der Waals surface area contributed by atoms with Gasteiger partial charge in [0, 0.05) is 23.0 Å². The summed E-state index contributed by atoms with van der Waals surface area (Å²) in [6, 6.07) is 7.75. The zero-order chi connectivity index (χ0) is 19.7. The maximum Gasteiger partial charge on any atom is 0.315 e. The molecule has 4 fully saturated rings. The smallest absolute Gasteiger partial charge is 0.315 e. The maximum absolute atomic E-state index is 12.4. The minimum absolute atomic E-state index is 0.0111. The highest BCUT2D eigenvalue weighted by molar-refractivity contribution is 9.10. The molecule has 4 aliphatic carbocycles. The molecule has 4 bridgehead atoms. The van der Waals surface area contributed by atoms with Crippen LogP contribution in [0.2, 0.25) is 0 Å². The molecule has 1 aromatic carbocycles. The Morgan fingerprint density at radius 3 is 2.21 bits per heavy atom. The van der Waals surface area contributed by atoms with E-state index in [-0.39, 0.29) is 29.9 Å². The summed E-state index contributed by atoms with van der Waals surface area (Å²) in [5.74, 6) is 2.36. The summed E-state index contributed by atoms with van der Waals surface area (Å²) in [6.07, 6.45) is 7.78. The molecular formula is C22H30BrN3O2. The van der Waals surface area contributed by atoms with Gasteiger partial charge < -0.3 is 16.0 Å². The van der Waals surface area contributed by atoms with E-state index in [1.807, 2.05) is 31.2 Å². The molecule has 4 saturated carbocycles. The average molecular weight is 448 g/mol. The van der Waals surface area contributed by atoms with Gasteiger partial charge in [-0.3, -0.25) is 4.79 Å². The second-order valence-corrected chi connectivity index (χ2v) is 10.1. The molecule has 1 atom stereocenters. The van der Waals surface area contributed by atoms with Crippen LogP contribution in [0.25, 0.3) is 0 Å². The van der Waals surface area contributed by atoms with Gasteiger partial charge in [-0.2, -0.15) is 0 Å². The van der Waals surface area contributed by atoms with Crippen molar-refractivity contribution in [1.82, 2.24) is 16.0 Å². The lowest BCUT2D eigenvalue weighted by Gasteiger charge is -2.56. The normalized spacial score (nSPS) is 31.3. The topological polar surface area (TPSA) is 70.2 Å². The summed E-state index contributed by atoms with van der Waals surface area (Å²) in [7, 11) is 0. The third-order valence-corrected chi connectivity index (χ3v) is 7.33. The van der Waals surface area contributed by atoms with Crippen molar-refractivity contribution >= 4 is 27.9 Å². The van der Waals surface area contributed by atoms with Gasteiger partial charge in [0.25, 0.3) is 0 Å². The van der Waals surface area contributed by atoms with Gasteiger partial charge in [0.15, 0.2) is 0 Å². The Labute approximate surface area is 175 Å². The van der Waals surface area contributed by atoms with Crippen molar-refractivity contribution in [3.05, 3.63) is 34.3 Å². The first-order valence-corrected chi connectivity index (χ1v) is 11.3. The second kappa shape index (κ2) is 8.05. The van der Waals surface area contributed by atoms with E-state index in [0.29, 0.717) is 6.54 Å². The van der Waals surface area contributed by atoms with Crippen LogP contribution >= 0.6 is 15.9 Å². The Bertz CT molecular complexity index is 699. The van der Waals surface area contributed by atoms with E-state index < -0.39 is 0 Å². The van der Waals surface area contributed by atoms with Crippen molar-refractivity contribution in [2.45, 2.75) is 63.5 Å². The van der Waals surface area contributed by atoms with Crippen molar-refractivity contribution < 1.29 is 9.59 Å². The number of carbonyl (C=O) groups excluding carboxylic acids is 2. The Morgan fingerprint density at radius 2 is 1.64 bits per heavy atom. The summed E-state index contributed by atoms with van der Waals surface area (Å²) in [5, 5.41) is 9.17. The van der Waals surface area contributed by atoms with Crippen LogP contribution in [0.4, 0.5) is 4.79 Å². The highest BCUT2D eigenvalue weighted by Crippen LogP contribution is 2.55. The van der Waals surface area contributed by atoms with Crippen LogP contribution in [0.15, 0.2) is 28.7 Å². The molecule has 1 unspecified atom stereocenters. The number of nitrogens with one attached hydrogen (secondary N) is 3. The van der Waals surface area contributed by atoms with E-state index in [1.54, 1.807) is 0 Å². The fourth-order valence-electron chi connectivity index (χ4n) is 5.99. The minimum Gasteiger partial charge on any atom is -0.350 e. The maximum atomic E-state index is 12.4. The standard InChI is InChI=1S/C22H30BrN3O2/c1-14(18-2-4-19(23)5-3-18)25-20(27)6-7-24-21(28)26-22-11-15-8-16(12-22)10-17(9-15)13-22/h2-5,14-17H,6-13H2,1H3,(H,25,27)(H2,24,26,28). The van der Waals surface area contributed by atoms with E-state index in [2.05, 4.69) is 31.9 Å². The Balaban J connectivity index is 1.19. The largest absolute Gasteiger partial charge is 0.350 e. The summed E-state index contributed by atoms with van der Waals surface area (Å²) >= 11 is 3.42. The van der Waals surface area contributed by atoms with Gasteiger partial charge >= 0.3 is 6.03 Å². The number of hydrogen-bond donors (Lipinski definition) is 3. The number of halogens is 1. The first kappa shape index (κ1) is 19.7. The number of urea groups is 1. The molecule has 0 saturated heterocycles. The van der Waals surface area contributed by atoms with Crippen LogP contribution in [0, 0.1) is 17.8 Å². The molecule has 0 heterocycles. The lowest BCUT2D eigenvalue weighted by atomic mass is 9.53. The quantitative estimate of drug-likeness (QED) is 0.608. The molecule has 3 N–H and O–H groups in total. The lowest BCUT2D eigenvalue weighted by Crippen LogP contribution is -2.61. The molecule has 28 heavy (non-hydrogen) atoms. The summed E-state index contributed by atoms with van der Waals surface area (Å²) < 4.78 is 1.02. The van der Waals surface area contributed by atoms with Crippen LogP contribution in [-0.2, 0) is 4.79 Å². The molecule has 1 aromatic rings. The Kier molecular flexibility index (Phi) is 5.68. The lowest BCUT2D eigenvalue weighted by molar-refractivity contribution is -0.121. The van der Waals surface area contributed by atoms with E-state index in [9.17, 15) is 9.59 Å². The van der Waals surface area contributed by atoms with Gasteiger partial charge in [0.2, 0.25) is 5.91 Å². The Hall–Kier alpha value is -1.56. The monoisotopic (exact) mass is 447 g/mol. The molecule has 5 nitrogen and oxygen atoms in total. The highest BCUT2D eigenvalue weighted by atomic mass is 79.9. The van der Waals surface area contributed by atoms with Crippen molar-refractivity contribution in [3.63, 3.8) is 0 Å². The van der Waals surface area contributed by atoms with Gasteiger partial charge in [-0.15, -0.1) is 0 Å². The molecule has 5 rings (SSSR count). The van der Waals surface area contributed by atoms with Crippen LogP contribution < -0.4 is 16.0 Å². The number of carbonyl (C=O) groups is 2. The van der Waals surface area contributed by atoms with E-state index in [4.69, 9.17) is 0 Å². The van der Waals surface area contributed by atoms with E-state index >= 15 is 0 Å². The van der Waals surface area contributed by atoms with Crippen molar-refractivity contribution in [3.8, 4) is 0 Å². The van der Waals surface area contributed by atoms with E-state index in [0.717, 1.165) is 47.1 Å². The third-order valence-electron chi connectivity index (χ3n) is 6.80. The average Bonchev–Trinajstić information content (AvgIpc) is 2.60. The molecule has 0 aromatic heterocycles. The van der Waals surface area contributed by atoms with Crippen LogP contribution in [0.1, 0.15) is 63.5 Å². The molecular weight excluding hydrogens is 418 g/mol. The molecule has 0 aliphatic heterocycles. The Morgan fingerprint density at radius 1 is 1.07 bits per heavy atom. The fourth-order valence-corrected chi connectivity index (χ4v) is 6.25. The van der Waals surface area contributed by atoms with Gasteiger partial charge in [0.05, 0.1) is 6.04 Å².